The summed E-state index contributed by atoms with van der Waals surface area (Å²) in [7, 11) is -2.28. The fourth-order valence-electron chi connectivity index (χ4n) is 2.52. The van der Waals surface area contributed by atoms with E-state index in [0.29, 0.717) is 17.8 Å². The number of carboxylic acids is 1. The van der Waals surface area contributed by atoms with Gasteiger partial charge in [0.05, 0.1) is 17.0 Å². The van der Waals surface area contributed by atoms with Crippen molar-refractivity contribution in [1.29, 1.82) is 0 Å². The molecule has 0 heterocycles. The molecule has 0 aliphatic rings. The van der Waals surface area contributed by atoms with Gasteiger partial charge in [0.15, 0.2) is 0 Å². The number of hydrogen-bond acceptors (Lipinski definition) is 4. The van der Waals surface area contributed by atoms with E-state index in [9.17, 15) is 18.0 Å². The molecule has 0 unspecified atom stereocenters. The van der Waals surface area contributed by atoms with Gasteiger partial charge in [-0.2, -0.15) is 0 Å². The van der Waals surface area contributed by atoms with Crippen molar-refractivity contribution in [2.45, 2.75) is 18.2 Å². The van der Waals surface area contributed by atoms with Crippen LogP contribution in [0, 0.1) is 0 Å². The maximum Gasteiger partial charge on any atom is 0.305 e. The number of aliphatic carboxylic acids is 1. The normalized spacial score (nSPS) is 11.0. The van der Waals surface area contributed by atoms with Crippen molar-refractivity contribution in [2.24, 2.45) is 0 Å². The smallest absolute Gasteiger partial charge is 0.305 e. The molecule has 8 heteroatoms. The summed E-state index contributed by atoms with van der Waals surface area (Å²) in [4.78, 5) is 24.7. The third-order valence-electron chi connectivity index (χ3n) is 4.14. The van der Waals surface area contributed by atoms with Crippen LogP contribution in [0.3, 0.4) is 0 Å². The zero-order chi connectivity index (χ0) is 20.0. The van der Waals surface area contributed by atoms with Gasteiger partial charge in [-0.25, -0.2) is 8.42 Å². The molecule has 144 valence electrons. The Morgan fingerprint density at radius 1 is 1.00 bits per heavy atom. The van der Waals surface area contributed by atoms with E-state index in [4.69, 9.17) is 5.11 Å². The highest BCUT2D eigenvalue weighted by Gasteiger charge is 2.22. The van der Waals surface area contributed by atoms with Crippen molar-refractivity contribution >= 4 is 27.6 Å². The lowest BCUT2D eigenvalue weighted by Crippen LogP contribution is -2.33. The van der Waals surface area contributed by atoms with Crippen molar-refractivity contribution in [3.8, 4) is 0 Å². The highest BCUT2D eigenvalue weighted by molar-refractivity contribution is 7.92. The highest BCUT2D eigenvalue weighted by Crippen LogP contribution is 2.22. The molecule has 0 fully saturated rings. The summed E-state index contributed by atoms with van der Waals surface area (Å²) in [6, 6.07) is 14.3. The largest absolute Gasteiger partial charge is 0.481 e. The van der Waals surface area contributed by atoms with Gasteiger partial charge < -0.3 is 10.0 Å². The molecular formula is C19H22N2O5S. The van der Waals surface area contributed by atoms with Gasteiger partial charge in [0.25, 0.3) is 15.9 Å². The molecule has 27 heavy (non-hydrogen) atoms. The van der Waals surface area contributed by atoms with Crippen LogP contribution in [0.1, 0.15) is 23.7 Å². The standard InChI is InChI=1S/C19H22N2O5S/c1-3-21(14-13-18(22)23)19(24)15-9-11-17(12-10-15)27(25,26)20(2)16-7-5-4-6-8-16/h4-12H,3,13-14H2,1-2H3,(H,22,23). The number of anilines is 1. The molecule has 0 saturated heterocycles. The predicted octanol–water partition coefficient (Wildman–Crippen LogP) is 2.45. The molecule has 0 aliphatic heterocycles. The minimum atomic E-state index is -3.75. The fourth-order valence-corrected chi connectivity index (χ4v) is 3.72. The molecule has 0 saturated carbocycles. The SMILES string of the molecule is CCN(CCC(=O)O)C(=O)c1ccc(S(=O)(=O)N(C)c2ccccc2)cc1. The quantitative estimate of drug-likeness (QED) is 0.747. The Morgan fingerprint density at radius 2 is 1.59 bits per heavy atom. The summed E-state index contributed by atoms with van der Waals surface area (Å²) in [6.07, 6.45) is -0.145. The topological polar surface area (TPSA) is 95.0 Å². The number of carbonyl (C=O) groups is 2. The van der Waals surface area contributed by atoms with Crippen LogP contribution in [-0.2, 0) is 14.8 Å². The molecule has 1 N–H and O–H groups in total. The monoisotopic (exact) mass is 390 g/mol. The van der Waals surface area contributed by atoms with Crippen LogP contribution in [0.15, 0.2) is 59.5 Å². The van der Waals surface area contributed by atoms with E-state index in [1.54, 1.807) is 37.3 Å². The minimum absolute atomic E-state index is 0.0685. The first-order valence-corrected chi connectivity index (χ1v) is 9.86. The number of rotatable bonds is 8. The van der Waals surface area contributed by atoms with Crippen LogP contribution in [0.2, 0.25) is 0 Å². The molecule has 0 aliphatic carbocycles. The lowest BCUT2D eigenvalue weighted by molar-refractivity contribution is -0.137. The summed E-state index contributed by atoms with van der Waals surface area (Å²) >= 11 is 0. The van der Waals surface area contributed by atoms with Gasteiger partial charge >= 0.3 is 5.97 Å². The lowest BCUT2D eigenvalue weighted by Gasteiger charge is -2.21. The van der Waals surface area contributed by atoms with Crippen molar-refractivity contribution in [3.63, 3.8) is 0 Å². The summed E-state index contributed by atoms with van der Waals surface area (Å²) < 4.78 is 26.7. The summed E-state index contributed by atoms with van der Waals surface area (Å²) in [5.41, 5.74) is 0.840. The Bertz CT molecular complexity index is 895. The van der Waals surface area contributed by atoms with Crippen molar-refractivity contribution in [1.82, 2.24) is 4.90 Å². The molecule has 0 bridgehead atoms. The predicted molar refractivity (Wildman–Crippen MR) is 102 cm³/mol. The van der Waals surface area contributed by atoms with E-state index in [1.165, 1.54) is 40.5 Å². The number of sulfonamides is 1. The summed E-state index contributed by atoms with van der Waals surface area (Å²) in [6.45, 7) is 2.22. The summed E-state index contributed by atoms with van der Waals surface area (Å²) in [5.74, 6) is -1.31. The van der Waals surface area contributed by atoms with Crippen LogP contribution in [0.4, 0.5) is 5.69 Å². The van der Waals surface area contributed by atoms with Gasteiger partial charge in [-0.05, 0) is 43.3 Å². The van der Waals surface area contributed by atoms with Crippen LogP contribution in [0.5, 0.6) is 0 Å². The van der Waals surface area contributed by atoms with E-state index >= 15 is 0 Å². The molecule has 0 radical (unpaired) electrons. The maximum absolute atomic E-state index is 12.7. The number of amides is 1. The molecular weight excluding hydrogens is 368 g/mol. The fraction of sp³-hybridized carbons (Fsp3) is 0.263. The Balaban J connectivity index is 2.20. The second-order valence-corrected chi connectivity index (χ2v) is 7.83. The second kappa shape index (κ2) is 8.68. The second-order valence-electron chi connectivity index (χ2n) is 5.86. The van der Waals surface area contributed by atoms with Gasteiger partial charge in [0.1, 0.15) is 0 Å². The van der Waals surface area contributed by atoms with E-state index < -0.39 is 16.0 Å². The number of carboxylic acid groups (broad SMARTS) is 1. The third-order valence-corrected chi connectivity index (χ3v) is 5.94. The van der Waals surface area contributed by atoms with E-state index in [1.807, 2.05) is 0 Å². The Morgan fingerprint density at radius 3 is 2.11 bits per heavy atom. The molecule has 2 rings (SSSR count). The average Bonchev–Trinajstić information content (AvgIpc) is 2.68. The number of carbonyl (C=O) groups excluding carboxylic acids is 1. The van der Waals surface area contributed by atoms with Crippen molar-refractivity contribution < 1.29 is 23.1 Å². The van der Waals surface area contributed by atoms with Gasteiger partial charge in [-0.15, -0.1) is 0 Å². The molecule has 0 aromatic heterocycles. The van der Waals surface area contributed by atoms with Crippen LogP contribution < -0.4 is 4.31 Å². The molecule has 2 aromatic rings. The minimum Gasteiger partial charge on any atom is -0.481 e. The van der Waals surface area contributed by atoms with Gasteiger partial charge in [-0.1, -0.05) is 18.2 Å². The molecule has 0 spiro atoms. The first-order valence-electron chi connectivity index (χ1n) is 8.42. The van der Waals surface area contributed by atoms with Crippen LogP contribution >= 0.6 is 0 Å². The Labute approximate surface area is 158 Å². The van der Waals surface area contributed by atoms with E-state index in [2.05, 4.69) is 0 Å². The molecule has 7 nitrogen and oxygen atoms in total. The number of benzene rings is 2. The molecule has 1 amide bonds. The first kappa shape index (κ1) is 20.4. The average molecular weight is 390 g/mol. The zero-order valence-corrected chi connectivity index (χ0v) is 16.0. The van der Waals surface area contributed by atoms with E-state index in [-0.39, 0.29) is 23.8 Å². The maximum atomic E-state index is 12.7. The first-order chi connectivity index (χ1) is 12.8. The van der Waals surface area contributed by atoms with Crippen molar-refractivity contribution in [3.05, 3.63) is 60.2 Å². The zero-order valence-electron chi connectivity index (χ0n) is 15.2. The third kappa shape index (κ3) is 4.85. The molecule has 0 atom stereocenters. The van der Waals surface area contributed by atoms with E-state index in [0.717, 1.165) is 0 Å². The summed E-state index contributed by atoms with van der Waals surface area (Å²) in [5, 5.41) is 8.77. The van der Waals surface area contributed by atoms with Crippen LogP contribution in [0.25, 0.3) is 0 Å². The number of nitrogens with zero attached hydrogens (tertiary/aromatic N) is 2. The number of hydrogen-bond donors (Lipinski definition) is 1. The van der Waals surface area contributed by atoms with Gasteiger partial charge in [-0.3, -0.25) is 13.9 Å². The Hall–Kier alpha value is -2.87. The Kier molecular flexibility index (Phi) is 6.57. The number of para-hydroxylation sites is 1. The van der Waals surface area contributed by atoms with Crippen molar-refractivity contribution in [2.75, 3.05) is 24.4 Å². The molecule has 2 aromatic carbocycles. The van der Waals surface area contributed by atoms with Gasteiger partial charge in [0.2, 0.25) is 0 Å². The highest BCUT2D eigenvalue weighted by atomic mass is 32.2. The van der Waals surface area contributed by atoms with Crippen LogP contribution in [-0.4, -0.2) is 50.4 Å². The van der Waals surface area contributed by atoms with Gasteiger partial charge in [0, 0.05) is 25.7 Å². The lowest BCUT2D eigenvalue weighted by atomic mass is 10.2.